The van der Waals surface area contributed by atoms with E-state index in [1.54, 1.807) is 7.11 Å². The summed E-state index contributed by atoms with van der Waals surface area (Å²) in [6.45, 7) is 7.99. The normalized spacial score (nSPS) is 15.8. The molecule has 1 aromatic rings. The Morgan fingerprint density at radius 2 is 2.05 bits per heavy atom. The van der Waals surface area contributed by atoms with Crippen molar-refractivity contribution in [2.24, 2.45) is 0 Å². The van der Waals surface area contributed by atoms with Gasteiger partial charge in [0.15, 0.2) is 0 Å². The third kappa shape index (κ3) is 4.27. The molecule has 3 nitrogen and oxygen atoms in total. The maximum Gasteiger partial charge on any atom is 0.123 e. The highest BCUT2D eigenvalue weighted by Crippen LogP contribution is 2.25. The summed E-state index contributed by atoms with van der Waals surface area (Å²) in [6, 6.07) is 5.97. The van der Waals surface area contributed by atoms with Crippen LogP contribution in [0.5, 0.6) is 11.5 Å². The van der Waals surface area contributed by atoms with E-state index in [1.807, 2.05) is 24.3 Å². The molecule has 0 N–H and O–H groups in total. The molecule has 1 saturated heterocycles. The Hall–Kier alpha value is -1.48. The number of nitrogens with zero attached hydrogens (tertiary/aromatic N) is 1. The van der Waals surface area contributed by atoms with E-state index in [-0.39, 0.29) is 0 Å². The van der Waals surface area contributed by atoms with E-state index in [9.17, 15) is 0 Å². The van der Waals surface area contributed by atoms with E-state index in [0.717, 1.165) is 36.6 Å². The molecule has 0 atom stereocenters. The van der Waals surface area contributed by atoms with Gasteiger partial charge in [0.1, 0.15) is 18.1 Å². The minimum absolute atomic E-state index is 0.746. The molecule has 0 bridgehead atoms. The van der Waals surface area contributed by atoms with Gasteiger partial charge in [0.25, 0.3) is 0 Å². The predicted molar refractivity (Wildman–Crippen MR) is 82.7 cm³/mol. The molecule has 1 aliphatic heterocycles. The maximum atomic E-state index is 5.95. The first kappa shape index (κ1) is 14.9. The smallest absolute Gasteiger partial charge is 0.123 e. The van der Waals surface area contributed by atoms with Gasteiger partial charge >= 0.3 is 0 Å². The predicted octanol–water partition coefficient (Wildman–Crippen LogP) is 3.29. The molecule has 0 unspecified atom stereocenters. The fourth-order valence-corrected chi connectivity index (χ4v) is 2.61. The Labute approximate surface area is 122 Å². The highest BCUT2D eigenvalue weighted by Gasteiger charge is 2.10. The number of methoxy groups -OCH3 is 1. The van der Waals surface area contributed by atoms with Crippen molar-refractivity contribution in [1.29, 1.82) is 0 Å². The largest absolute Gasteiger partial charge is 0.497 e. The molecule has 1 fully saturated rings. The fourth-order valence-electron chi connectivity index (χ4n) is 2.61. The van der Waals surface area contributed by atoms with Crippen LogP contribution in [0.2, 0.25) is 0 Å². The van der Waals surface area contributed by atoms with Crippen LogP contribution in [0.25, 0.3) is 0 Å². The van der Waals surface area contributed by atoms with E-state index < -0.39 is 0 Å². The highest BCUT2D eigenvalue weighted by atomic mass is 16.5. The van der Waals surface area contributed by atoms with Crippen LogP contribution in [-0.4, -0.2) is 38.3 Å². The second-order valence-corrected chi connectivity index (χ2v) is 5.22. The molecule has 1 aromatic carbocycles. The van der Waals surface area contributed by atoms with E-state index in [0.29, 0.717) is 0 Å². The third-order valence-electron chi connectivity index (χ3n) is 3.75. The van der Waals surface area contributed by atoms with E-state index in [2.05, 4.69) is 11.5 Å². The highest BCUT2D eigenvalue weighted by molar-refractivity contribution is 5.41. The average molecular weight is 275 g/mol. The molecule has 3 heteroatoms. The number of rotatable bonds is 7. The fraction of sp³-hybridized carbons (Fsp3) is 0.529. The van der Waals surface area contributed by atoms with Crippen molar-refractivity contribution in [3.05, 3.63) is 36.4 Å². The summed E-state index contributed by atoms with van der Waals surface area (Å²) in [5.41, 5.74) is 1.14. The van der Waals surface area contributed by atoms with Gasteiger partial charge in [0, 0.05) is 12.1 Å². The van der Waals surface area contributed by atoms with Crippen molar-refractivity contribution in [2.75, 3.05) is 33.4 Å². The van der Waals surface area contributed by atoms with Crippen LogP contribution in [0.15, 0.2) is 30.9 Å². The van der Waals surface area contributed by atoms with Crippen molar-refractivity contribution in [3.63, 3.8) is 0 Å². The summed E-state index contributed by atoms with van der Waals surface area (Å²) in [7, 11) is 1.68. The van der Waals surface area contributed by atoms with Crippen LogP contribution in [0.4, 0.5) is 0 Å². The topological polar surface area (TPSA) is 21.7 Å². The van der Waals surface area contributed by atoms with Gasteiger partial charge in [-0.05, 0) is 50.6 Å². The SMILES string of the molecule is C=CCc1cc(OC)ccc1OCCN1CCCCC1. The van der Waals surface area contributed by atoms with Crippen LogP contribution in [0, 0.1) is 0 Å². The molecule has 0 radical (unpaired) electrons. The lowest BCUT2D eigenvalue weighted by atomic mass is 10.1. The molecule has 0 aliphatic carbocycles. The Bertz CT molecular complexity index is 425. The molecule has 0 amide bonds. The number of benzene rings is 1. The Morgan fingerprint density at radius 3 is 2.75 bits per heavy atom. The third-order valence-corrected chi connectivity index (χ3v) is 3.75. The van der Waals surface area contributed by atoms with Crippen LogP contribution < -0.4 is 9.47 Å². The van der Waals surface area contributed by atoms with Crippen LogP contribution in [0.3, 0.4) is 0 Å². The molecule has 0 spiro atoms. The number of hydrogen-bond acceptors (Lipinski definition) is 3. The lowest BCUT2D eigenvalue weighted by Gasteiger charge is -2.26. The van der Waals surface area contributed by atoms with Gasteiger partial charge < -0.3 is 9.47 Å². The Kier molecular flexibility index (Phi) is 5.93. The van der Waals surface area contributed by atoms with Gasteiger partial charge in [-0.25, -0.2) is 0 Å². The van der Waals surface area contributed by atoms with E-state index in [1.165, 1.54) is 32.4 Å². The number of ether oxygens (including phenoxy) is 2. The van der Waals surface area contributed by atoms with Crippen molar-refractivity contribution in [3.8, 4) is 11.5 Å². The first-order chi connectivity index (χ1) is 9.83. The summed E-state index contributed by atoms with van der Waals surface area (Å²) in [5, 5.41) is 0. The summed E-state index contributed by atoms with van der Waals surface area (Å²) >= 11 is 0. The maximum absolute atomic E-state index is 5.95. The van der Waals surface area contributed by atoms with Gasteiger partial charge in [0.2, 0.25) is 0 Å². The molecule has 0 saturated carbocycles. The lowest BCUT2D eigenvalue weighted by Crippen LogP contribution is -2.33. The van der Waals surface area contributed by atoms with Gasteiger partial charge in [-0.1, -0.05) is 12.5 Å². The molecular formula is C17H25NO2. The van der Waals surface area contributed by atoms with Crippen molar-refractivity contribution < 1.29 is 9.47 Å². The second-order valence-electron chi connectivity index (χ2n) is 5.22. The van der Waals surface area contributed by atoms with E-state index >= 15 is 0 Å². The number of piperidine rings is 1. The lowest BCUT2D eigenvalue weighted by molar-refractivity contribution is 0.183. The zero-order chi connectivity index (χ0) is 14.2. The van der Waals surface area contributed by atoms with Crippen molar-refractivity contribution >= 4 is 0 Å². The molecule has 20 heavy (non-hydrogen) atoms. The van der Waals surface area contributed by atoms with Crippen molar-refractivity contribution in [2.45, 2.75) is 25.7 Å². The minimum Gasteiger partial charge on any atom is -0.497 e. The zero-order valence-electron chi connectivity index (χ0n) is 12.4. The van der Waals surface area contributed by atoms with Crippen LogP contribution in [-0.2, 0) is 6.42 Å². The summed E-state index contributed by atoms with van der Waals surface area (Å²) in [6.07, 6.45) is 6.72. The van der Waals surface area contributed by atoms with Gasteiger partial charge in [-0.15, -0.1) is 6.58 Å². The Balaban J connectivity index is 1.88. The second kappa shape index (κ2) is 7.95. The number of allylic oxidation sites excluding steroid dienone is 1. The van der Waals surface area contributed by atoms with Crippen LogP contribution in [0.1, 0.15) is 24.8 Å². The monoisotopic (exact) mass is 275 g/mol. The van der Waals surface area contributed by atoms with Gasteiger partial charge in [0.05, 0.1) is 7.11 Å². The number of hydrogen-bond donors (Lipinski definition) is 0. The summed E-state index contributed by atoms with van der Waals surface area (Å²) < 4.78 is 11.2. The van der Waals surface area contributed by atoms with E-state index in [4.69, 9.17) is 9.47 Å². The standard InChI is InChI=1S/C17H25NO2/c1-3-7-15-14-16(19-2)8-9-17(15)20-13-12-18-10-5-4-6-11-18/h3,8-9,14H,1,4-7,10-13H2,2H3. The molecule has 0 aromatic heterocycles. The minimum atomic E-state index is 0.746. The molecule has 1 heterocycles. The summed E-state index contributed by atoms with van der Waals surface area (Å²) in [5.74, 6) is 1.81. The van der Waals surface area contributed by atoms with Crippen molar-refractivity contribution in [1.82, 2.24) is 4.90 Å². The first-order valence-electron chi connectivity index (χ1n) is 7.46. The number of likely N-dealkylation sites (tertiary alicyclic amines) is 1. The molecule has 110 valence electrons. The molecule has 2 rings (SSSR count). The molecule has 1 aliphatic rings. The first-order valence-corrected chi connectivity index (χ1v) is 7.46. The summed E-state index contributed by atoms with van der Waals surface area (Å²) in [4.78, 5) is 2.49. The quantitative estimate of drug-likeness (QED) is 0.713. The zero-order valence-corrected chi connectivity index (χ0v) is 12.4. The molecular weight excluding hydrogens is 250 g/mol. The average Bonchev–Trinajstić information content (AvgIpc) is 2.50. The van der Waals surface area contributed by atoms with Gasteiger partial charge in [-0.2, -0.15) is 0 Å². The Morgan fingerprint density at radius 1 is 1.25 bits per heavy atom. The van der Waals surface area contributed by atoms with Gasteiger partial charge in [-0.3, -0.25) is 4.90 Å². The van der Waals surface area contributed by atoms with Crippen LogP contribution >= 0.6 is 0 Å².